The van der Waals surface area contributed by atoms with Gasteiger partial charge in [0.05, 0.1) is 36.4 Å². The first-order chi connectivity index (χ1) is 13.8. The highest BCUT2D eigenvalue weighted by molar-refractivity contribution is 5.92. The zero-order valence-electron chi connectivity index (χ0n) is 15.4. The van der Waals surface area contributed by atoms with E-state index in [2.05, 4.69) is 19.7 Å². The van der Waals surface area contributed by atoms with Gasteiger partial charge in [-0.2, -0.15) is 4.39 Å². The Labute approximate surface area is 163 Å². The molecule has 0 atom stereocenters. The highest BCUT2D eigenvalue weighted by Gasteiger charge is 2.22. The molecule has 7 nitrogen and oxygen atoms in total. The number of hydrogen-bond donors (Lipinski definition) is 1. The summed E-state index contributed by atoms with van der Waals surface area (Å²) in [6, 6.07) is 4.57. The average molecular weight is 404 g/mol. The number of aromatic nitrogens is 3. The van der Waals surface area contributed by atoms with Crippen LogP contribution in [0.1, 0.15) is 17.3 Å². The Hall–Kier alpha value is -3.69. The van der Waals surface area contributed by atoms with E-state index in [1.165, 1.54) is 18.3 Å². The van der Waals surface area contributed by atoms with E-state index >= 15 is 0 Å². The Kier molecular flexibility index (Phi) is 5.62. The smallest absolute Gasteiger partial charge is 0.341 e. The molecule has 0 spiro atoms. The molecule has 3 aromatic rings. The van der Waals surface area contributed by atoms with Crippen molar-refractivity contribution in [2.75, 3.05) is 19.5 Å². The van der Waals surface area contributed by atoms with Gasteiger partial charge in [-0.1, -0.05) is 0 Å². The fourth-order valence-electron chi connectivity index (χ4n) is 2.49. The molecule has 3 rings (SSSR count). The second-order valence-corrected chi connectivity index (χ2v) is 5.73. The Bertz CT molecular complexity index is 1090. The summed E-state index contributed by atoms with van der Waals surface area (Å²) in [6.45, 7) is 1.88. The molecule has 0 aromatic carbocycles. The predicted molar refractivity (Wildman–Crippen MR) is 97.5 cm³/mol. The molecule has 0 aliphatic rings. The number of ether oxygens (including phenoxy) is 2. The van der Waals surface area contributed by atoms with Crippen molar-refractivity contribution < 1.29 is 27.4 Å². The first-order valence-electron chi connectivity index (χ1n) is 8.35. The Morgan fingerprint density at radius 1 is 1.14 bits per heavy atom. The van der Waals surface area contributed by atoms with Crippen LogP contribution in [0, 0.1) is 17.6 Å². The molecule has 0 saturated carbocycles. The van der Waals surface area contributed by atoms with E-state index in [0.29, 0.717) is 0 Å². The standard InChI is InChI=1S/C19H15F3N4O3/c1-3-29-18-11(20)6-9(8-24-18)14-7-10(19(27)28-2)15(21)16(25-14)13-5-4-12(23)17(22)26-13/h4-8H,3,23H2,1-2H3. The van der Waals surface area contributed by atoms with Gasteiger partial charge in [0.2, 0.25) is 11.8 Å². The van der Waals surface area contributed by atoms with Crippen molar-refractivity contribution >= 4 is 11.7 Å². The number of pyridine rings is 3. The molecule has 0 saturated heterocycles. The van der Waals surface area contributed by atoms with Gasteiger partial charge in [0.1, 0.15) is 5.69 Å². The van der Waals surface area contributed by atoms with Crippen LogP contribution in [0.2, 0.25) is 0 Å². The average Bonchev–Trinajstić information content (AvgIpc) is 2.71. The molecule has 0 unspecified atom stereocenters. The molecule has 0 bridgehead atoms. The third-order valence-corrected chi connectivity index (χ3v) is 3.87. The molecule has 2 N–H and O–H groups in total. The summed E-state index contributed by atoms with van der Waals surface area (Å²) in [5, 5.41) is 0. The van der Waals surface area contributed by atoms with E-state index in [1.807, 2.05) is 0 Å². The SMILES string of the molecule is CCOc1ncc(-c2cc(C(=O)OC)c(F)c(-c3ccc(N)c(F)n3)n2)cc1F. The van der Waals surface area contributed by atoms with Gasteiger partial charge in [-0.15, -0.1) is 0 Å². The molecule has 150 valence electrons. The summed E-state index contributed by atoms with van der Waals surface area (Å²) in [6.07, 6.45) is 1.25. The maximum atomic E-state index is 14.9. The minimum Gasteiger partial charge on any atom is -0.476 e. The molecular formula is C19H15F3N4O3. The number of esters is 1. The highest BCUT2D eigenvalue weighted by atomic mass is 19.1. The van der Waals surface area contributed by atoms with E-state index in [4.69, 9.17) is 10.5 Å². The van der Waals surface area contributed by atoms with E-state index in [0.717, 1.165) is 19.2 Å². The maximum Gasteiger partial charge on any atom is 0.341 e. The lowest BCUT2D eigenvalue weighted by Gasteiger charge is -2.11. The van der Waals surface area contributed by atoms with Crippen LogP contribution in [-0.4, -0.2) is 34.6 Å². The summed E-state index contributed by atoms with van der Waals surface area (Å²) < 4.78 is 52.5. The number of nitrogens with zero attached hydrogens (tertiary/aromatic N) is 3. The highest BCUT2D eigenvalue weighted by Crippen LogP contribution is 2.29. The maximum absolute atomic E-state index is 14.9. The zero-order chi connectivity index (χ0) is 21.1. The van der Waals surface area contributed by atoms with Crippen molar-refractivity contribution in [1.82, 2.24) is 15.0 Å². The minimum atomic E-state index is -1.07. The number of rotatable bonds is 5. The van der Waals surface area contributed by atoms with Crippen molar-refractivity contribution in [2.24, 2.45) is 0 Å². The summed E-state index contributed by atoms with van der Waals surface area (Å²) in [4.78, 5) is 23.5. The topological polar surface area (TPSA) is 100 Å². The van der Waals surface area contributed by atoms with Gasteiger partial charge >= 0.3 is 5.97 Å². The summed E-state index contributed by atoms with van der Waals surface area (Å²) in [5.74, 6) is -4.08. The third-order valence-electron chi connectivity index (χ3n) is 3.87. The summed E-state index contributed by atoms with van der Waals surface area (Å²) >= 11 is 0. The van der Waals surface area contributed by atoms with Crippen molar-refractivity contribution in [3.8, 4) is 28.5 Å². The number of anilines is 1. The summed E-state index contributed by atoms with van der Waals surface area (Å²) in [7, 11) is 1.07. The van der Waals surface area contributed by atoms with Crippen molar-refractivity contribution in [2.45, 2.75) is 6.92 Å². The number of carbonyl (C=O) groups excluding carboxylic acids is 1. The summed E-state index contributed by atoms with van der Waals surface area (Å²) in [5.41, 5.74) is 4.15. The molecule has 0 aliphatic carbocycles. The van der Waals surface area contributed by atoms with Gasteiger partial charge < -0.3 is 15.2 Å². The third kappa shape index (κ3) is 3.96. The van der Waals surface area contributed by atoms with Crippen LogP contribution in [0.3, 0.4) is 0 Å². The van der Waals surface area contributed by atoms with Gasteiger partial charge in [0, 0.05) is 11.8 Å². The van der Waals surface area contributed by atoms with Gasteiger partial charge in [-0.3, -0.25) is 0 Å². The Morgan fingerprint density at radius 3 is 2.52 bits per heavy atom. The van der Waals surface area contributed by atoms with Crippen LogP contribution in [0.25, 0.3) is 22.6 Å². The normalized spacial score (nSPS) is 10.7. The van der Waals surface area contributed by atoms with Crippen LogP contribution < -0.4 is 10.5 Å². The van der Waals surface area contributed by atoms with Crippen molar-refractivity contribution in [3.63, 3.8) is 0 Å². The van der Waals surface area contributed by atoms with Crippen molar-refractivity contribution in [1.29, 1.82) is 0 Å². The fourth-order valence-corrected chi connectivity index (χ4v) is 2.49. The Balaban J connectivity index is 2.21. The lowest BCUT2D eigenvalue weighted by Crippen LogP contribution is -2.09. The molecule has 0 amide bonds. The monoisotopic (exact) mass is 404 g/mol. The first kappa shape index (κ1) is 20.1. The quantitative estimate of drug-likeness (QED) is 0.514. The molecular weight excluding hydrogens is 389 g/mol. The molecule has 29 heavy (non-hydrogen) atoms. The number of nitrogen functional groups attached to an aromatic ring is 1. The van der Waals surface area contributed by atoms with Crippen LogP contribution in [0.4, 0.5) is 18.9 Å². The van der Waals surface area contributed by atoms with Crippen LogP contribution >= 0.6 is 0 Å². The zero-order valence-corrected chi connectivity index (χ0v) is 15.4. The predicted octanol–water partition coefficient (Wildman–Crippen LogP) is 3.39. The lowest BCUT2D eigenvalue weighted by atomic mass is 10.1. The van der Waals surface area contributed by atoms with Gasteiger partial charge in [0.25, 0.3) is 0 Å². The van der Waals surface area contributed by atoms with E-state index in [9.17, 15) is 18.0 Å². The first-order valence-corrected chi connectivity index (χ1v) is 8.35. The molecule has 10 heteroatoms. The van der Waals surface area contributed by atoms with E-state index in [1.54, 1.807) is 6.92 Å². The van der Waals surface area contributed by atoms with Crippen molar-refractivity contribution in [3.05, 3.63) is 53.6 Å². The molecule has 3 aromatic heterocycles. The molecule has 0 aliphatic heterocycles. The fraction of sp³-hybridized carbons (Fsp3) is 0.158. The molecule has 3 heterocycles. The number of methoxy groups -OCH3 is 1. The Morgan fingerprint density at radius 2 is 1.90 bits per heavy atom. The van der Waals surface area contributed by atoms with Crippen LogP contribution in [-0.2, 0) is 4.74 Å². The number of hydrogen-bond acceptors (Lipinski definition) is 7. The minimum absolute atomic E-state index is 0.00437. The lowest BCUT2D eigenvalue weighted by molar-refractivity contribution is 0.0595. The van der Waals surface area contributed by atoms with Gasteiger partial charge in [-0.05, 0) is 31.2 Å². The molecule has 0 fully saturated rings. The second-order valence-electron chi connectivity index (χ2n) is 5.73. The van der Waals surface area contributed by atoms with Crippen LogP contribution in [0.5, 0.6) is 5.88 Å². The second kappa shape index (κ2) is 8.13. The van der Waals surface area contributed by atoms with E-state index in [-0.39, 0.29) is 35.1 Å². The number of halogens is 3. The molecule has 0 radical (unpaired) electrons. The van der Waals surface area contributed by atoms with Gasteiger partial charge in [-0.25, -0.2) is 28.5 Å². The largest absolute Gasteiger partial charge is 0.476 e. The van der Waals surface area contributed by atoms with Gasteiger partial charge in [0.15, 0.2) is 11.6 Å². The van der Waals surface area contributed by atoms with Crippen LogP contribution in [0.15, 0.2) is 30.5 Å². The number of nitrogens with two attached hydrogens (primary N) is 1. The number of carbonyl (C=O) groups is 1. The van der Waals surface area contributed by atoms with E-state index < -0.39 is 34.8 Å².